The highest BCUT2D eigenvalue weighted by atomic mass is 32.2. The van der Waals surface area contributed by atoms with Crippen molar-refractivity contribution < 1.29 is 13.2 Å². The highest BCUT2D eigenvalue weighted by Crippen LogP contribution is 2.06. The van der Waals surface area contributed by atoms with Gasteiger partial charge in [-0.2, -0.15) is 0 Å². The molecule has 0 unspecified atom stereocenters. The molecule has 1 heterocycles. The Morgan fingerprint density at radius 1 is 1.28 bits per heavy atom. The molecule has 0 saturated carbocycles. The molecule has 0 radical (unpaired) electrons. The first-order valence-electron chi connectivity index (χ1n) is 5.75. The normalized spacial score (nSPS) is 11.4. The fraction of sp³-hybridized carbons (Fsp3) is 0.600. The van der Waals surface area contributed by atoms with Crippen molar-refractivity contribution >= 4 is 15.8 Å². The number of hydrogen-bond donors (Lipinski definition) is 2. The molecule has 2 N–H and O–H groups in total. The third-order valence-electron chi connectivity index (χ3n) is 2.01. The van der Waals surface area contributed by atoms with Crippen LogP contribution < -0.4 is 10.0 Å². The Bertz CT molecular complexity index is 447. The monoisotopic (exact) mass is 274 g/mol. The van der Waals surface area contributed by atoms with E-state index in [4.69, 9.17) is 4.74 Å². The van der Waals surface area contributed by atoms with Crippen molar-refractivity contribution in [3.63, 3.8) is 0 Å². The van der Waals surface area contributed by atoms with E-state index >= 15 is 0 Å². The second kappa shape index (κ2) is 7.24. The first kappa shape index (κ1) is 14.8. The van der Waals surface area contributed by atoms with Gasteiger partial charge in [-0.05, 0) is 19.1 Å². The number of sulfonamides is 1. The molecule has 0 aliphatic heterocycles. The Balaban J connectivity index is 2.57. The standard InChI is InChI=1S/C10H18N4O3S/c1-3-12-18(15,16)10-6-5-9(13-14-10)11-7-8-17-4-2/h5-6,12H,3-4,7-8H2,1-2H3,(H,11,13). The molecular formula is C10H18N4O3S. The molecule has 0 bridgehead atoms. The van der Waals surface area contributed by atoms with Crippen LogP contribution in [0.25, 0.3) is 0 Å². The van der Waals surface area contributed by atoms with E-state index < -0.39 is 10.0 Å². The zero-order valence-corrected chi connectivity index (χ0v) is 11.3. The fourth-order valence-corrected chi connectivity index (χ4v) is 2.14. The van der Waals surface area contributed by atoms with Crippen molar-refractivity contribution in [2.45, 2.75) is 18.9 Å². The second-order valence-electron chi connectivity index (χ2n) is 3.38. The van der Waals surface area contributed by atoms with Crippen molar-refractivity contribution in [1.29, 1.82) is 0 Å². The molecule has 18 heavy (non-hydrogen) atoms. The van der Waals surface area contributed by atoms with Crippen LogP contribution in [-0.4, -0.2) is 44.9 Å². The average Bonchev–Trinajstić information content (AvgIpc) is 2.35. The predicted octanol–water partition coefficient (Wildman–Crippen LogP) is 0.223. The van der Waals surface area contributed by atoms with E-state index in [1.54, 1.807) is 13.0 Å². The van der Waals surface area contributed by atoms with E-state index in [9.17, 15) is 8.42 Å². The summed E-state index contributed by atoms with van der Waals surface area (Å²) in [6.45, 7) is 5.76. The first-order chi connectivity index (χ1) is 8.60. The molecule has 0 amide bonds. The summed E-state index contributed by atoms with van der Waals surface area (Å²) in [7, 11) is -3.53. The number of anilines is 1. The van der Waals surface area contributed by atoms with Gasteiger partial charge in [0.15, 0.2) is 5.03 Å². The van der Waals surface area contributed by atoms with E-state index in [0.717, 1.165) is 0 Å². The minimum absolute atomic E-state index is 0.0836. The fourth-order valence-electron chi connectivity index (χ4n) is 1.22. The number of nitrogens with zero attached hydrogens (tertiary/aromatic N) is 2. The number of rotatable bonds is 8. The lowest BCUT2D eigenvalue weighted by Crippen LogP contribution is -2.24. The van der Waals surface area contributed by atoms with Crippen LogP contribution in [0.1, 0.15) is 13.8 Å². The highest BCUT2D eigenvalue weighted by molar-refractivity contribution is 7.89. The summed E-state index contributed by atoms with van der Waals surface area (Å²) in [5.74, 6) is 0.519. The SMILES string of the molecule is CCNS(=O)(=O)c1ccc(NCCOCC)nn1. The van der Waals surface area contributed by atoms with Crippen LogP contribution in [0.2, 0.25) is 0 Å². The minimum Gasteiger partial charge on any atom is -0.380 e. The Kier molecular flexibility index (Phi) is 5.96. The van der Waals surface area contributed by atoms with Crippen LogP contribution in [0.3, 0.4) is 0 Å². The van der Waals surface area contributed by atoms with Crippen molar-refractivity contribution in [2.75, 3.05) is 31.6 Å². The molecule has 1 aromatic rings. The number of aromatic nitrogens is 2. The number of nitrogens with one attached hydrogen (secondary N) is 2. The molecule has 1 rings (SSSR count). The third-order valence-corrected chi connectivity index (χ3v) is 3.44. The van der Waals surface area contributed by atoms with Crippen molar-refractivity contribution in [1.82, 2.24) is 14.9 Å². The van der Waals surface area contributed by atoms with Crippen LogP contribution in [0.5, 0.6) is 0 Å². The summed E-state index contributed by atoms with van der Waals surface area (Å²) in [6, 6.07) is 2.98. The van der Waals surface area contributed by atoms with E-state index in [1.807, 2.05) is 6.92 Å². The van der Waals surface area contributed by atoms with Gasteiger partial charge in [-0.1, -0.05) is 6.92 Å². The van der Waals surface area contributed by atoms with E-state index in [-0.39, 0.29) is 5.03 Å². The maximum atomic E-state index is 11.6. The number of ether oxygens (including phenoxy) is 1. The zero-order valence-electron chi connectivity index (χ0n) is 10.5. The van der Waals surface area contributed by atoms with Gasteiger partial charge in [0.1, 0.15) is 5.82 Å². The smallest absolute Gasteiger partial charge is 0.259 e. The second-order valence-corrected chi connectivity index (χ2v) is 5.10. The van der Waals surface area contributed by atoms with Gasteiger partial charge < -0.3 is 10.1 Å². The lowest BCUT2D eigenvalue weighted by atomic mass is 10.5. The van der Waals surface area contributed by atoms with Crippen LogP contribution in [0, 0.1) is 0 Å². The van der Waals surface area contributed by atoms with Crippen LogP contribution in [0.4, 0.5) is 5.82 Å². The summed E-state index contributed by atoms with van der Waals surface area (Å²) < 4.78 is 30.7. The minimum atomic E-state index is -3.53. The van der Waals surface area contributed by atoms with Crippen LogP contribution >= 0.6 is 0 Å². The summed E-state index contributed by atoms with van der Waals surface area (Å²) in [4.78, 5) is 0. The van der Waals surface area contributed by atoms with Gasteiger partial charge >= 0.3 is 0 Å². The maximum Gasteiger partial charge on any atom is 0.259 e. The summed E-state index contributed by atoms with van der Waals surface area (Å²) in [5.41, 5.74) is 0. The third kappa shape index (κ3) is 4.55. The Hall–Kier alpha value is -1.25. The summed E-state index contributed by atoms with van der Waals surface area (Å²) >= 11 is 0. The zero-order chi connectivity index (χ0) is 13.4. The Morgan fingerprint density at radius 2 is 2.06 bits per heavy atom. The van der Waals surface area contributed by atoms with Gasteiger partial charge in [-0.15, -0.1) is 10.2 Å². The molecule has 0 saturated heterocycles. The largest absolute Gasteiger partial charge is 0.380 e. The van der Waals surface area contributed by atoms with Gasteiger partial charge in [0.05, 0.1) is 6.61 Å². The predicted molar refractivity (Wildman–Crippen MR) is 67.9 cm³/mol. The molecule has 1 aromatic heterocycles. The molecule has 0 fully saturated rings. The maximum absolute atomic E-state index is 11.6. The van der Waals surface area contributed by atoms with Gasteiger partial charge in [-0.3, -0.25) is 0 Å². The molecule has 0 spiro atoms. The van der Waals surface area contributed by atoms with Crippen molar-refractivity contribution in [2.24, 2.45) is 0 Å². The highest BCUT2D eigenvalue weighted by Gasteiger charge is 2.14. The average molecular weight is 274 g/mol. The van der Waals surface area contributed by atoms with E-state index in [2.05, 4.69) is 20.2 Å². The Morgan fingerprint density at radius 3 is 2.61 bits per heavy atom. The van der Waals surface area contributed by atoms with E-state index in [0.29, 0.717) is 32.1 Å². The lowest BCUT2D eigenvalue weighted by molar-refractivity contribution is 0.158. The molecule has 7 nitrogen and oxygen atoms in total. The first-order valence-corrected chi connectivity index (χ1v) is 7.23. The molecule has 0 aliphatic carbocycles. The Labute approximate surface area is 107 Å². The van der Waals surface area contributed by atoms with Gasteiger partial charge in [0.25, 0.3) is 10.0 Å². The van der Waals surface area contributed by atoms with Crippen LogP contribution in [-0.2, 0) is 14.8 Å². The quantitative estimate of drug-likeness (QED) is 0.659. The molecule has 0 aromatic carbocycles. The lowest BCUT2D eigenvalue weighted by Gasteiger charge is -2.06. The molecule has 102 valence electrons. The summed E-state index contributed by atoms with van der Waals surface area (Å²) in [5, 5.41) is 10.3. The van der Waals surface area contributed by atoms with Crippen molar-refractivity contribution in [3.05, 3.63) is 12.1 Å². The summed E-state index contributed by atoms with van der Waals surface area (Å²) in [6.07, 6.45) is 0. The van der Waals surface area contributed by atoms with Crippen LogP contribution in [0.15, 0.2) is 17.2 Å². The van der Waals surface area contributed by atoms with Gasteiger partial charge in [0.2, 0.25) is 0 Å². The number of hydrogen-bond acceptors (Lipinski definition) is 6. The van der Waals surface area contributed by atoms with E-state index in [1.165, 1.54) is 6.07 Å². The van der Waals surface area contributed by atoms with Crippen molar-refractivity contribution in [3.8, 4) is 0 Å². The molecule has 8 heteroatoms. The van der Waals surface area contributed by atoms with Gasteiger partial charge in [0, 0.05) is 19.7 Å². The molecular weight excluding hydrogens is 256 g/mol. The molecule has 0 aliphatic rings. The van der Waals surface area contributed by atoms with Gasteiger partial charge in [-0.25, -0.2) is 13.1 Å². The topological polar surface area (TPSA) is 93.2 Å². The molecule has 0 atom stereocenters.